The predicted octanol–water partition coefficient (Wildman–Crippen LogP) is 3.17. The normalized spacial score (nSPS) is 10.0. The topological polar surface area (TPSA) is 55.8 Å². The third-order valence-electron chi connectivity index (χ3n) is 3.22. The fourth-order valence-electron chi connectivity index (χ4n) is 1.93. The first-order chi connectivity index (χ1) is 11.0. The van der Waals surface area contributed by atoms with Crippen LogP contribution >= 0.6 is 11.6 Å². The van der Waals surface area contributed by atoms with Crippen molar-refractivity contribution in [1.29, 1.82) is 0 Å². The summed E-state index contributed by atoms with van der Waals surface area (Å²) in [5, 5.41) is 0.400. The molecular weight excluding hydrogens is 318 g/mol. The molecule has 0 bridgehead atoms. The van der Waals surface area contributed by atoms with Crippen molar-refractivity contribution in [3.8, 4) is 5.75 Å². The molecule has 0 atom stereocenters. The highest BCUT2D eigenvalue weighted by Gasteiger charge is 2.16. The van der Waals surface area contributed by atoms with Gasteiger partial charge in [0.25, 0.3) is 5.91 Å². The fourth-order valence-corrected chi connectivity index (χ4v) is 2.09. The van der Waals surface area contributed by atoms with Crippen molar-refractivity contribution in [3.63, 3.8) is 0 Å². The van der Waals surface area contributed by atoms with Gasteiger partial charge < -0.3 is 14.4 Å². The summed E-state index contributed by atoms with van der Waals surface area (Å²) in [6, 6.07) is 13.7. The minimum Gasteiger partial charge on any atom is -0.483 e. The minimum absolute atomic E-state index is 0.208. The summed E-state index contributed by atoms with van der Waals surface area (Å²) in [4.78, 5) is 25.4. The van der Waals surface area contributed by atoms with Crippen LogP contribution < -0.4 is 9.64 Å². The number of rotatable bonds is 5. The van der Waals surface area contributed by atoms with Gasteiger partial charge in [-0.25, -0.2) is 4.79 Å². The average molecular weight is 334 g/mol. The van der Waals surface area contributed by atoms with Crippen LogP contribution in [0.3, 0.4) is 0 Å². The Morgan fingerprint density at radius 3 is 2.48 bits per heavy atom. The van der Waals surface area contributed by atoms with Gasteiger partial charge in [0.1, 0.15) is 11.3 Å². The van der Waals surface area contributed by atoms with Gasteiger partial charge in [-0.15, -0.1) is 0 Å². The molecule has 0 aliphatic rings. The van der Waals surface area contributed by atoms with E-state index in [1.54, 1.807) is 13.1 Å². The van der Waals surface area contributed by atoms with Crippen LogP contribution in [0.1, 0.15) is 10.4 Å². The van der Waals surface area contributed by atoms with Crippen LogP contribution in [-0.4, -0.2) is 32.6 Å². The zero-order valence-corrected chi connectivity index (χ0v) is 13.5. The van der Waals surface area contributed by atoms with Crippen molar-refractivity contribution < 1.29 is 19.1 Å². The summed E-state index contributed by atoms with van der Waals surface area (Å²) in [5.74, 6) is -0.605. The Morgan fingerprint density at radius 2 is 1.83 bits per heavy atom. The molecule has 0 radical (unpaired) electrons. The smallest absolute Gasteiger partial charge is 0.341 e. The maximum Gasteiger partial charge on any atom is 0.341 e. The Hall–Kier alpha value is -2.53. The van der Waals surface area contributed by atoms with E-state index >= 15 is 0 Å². The molecule has 0 fully saturated rings. The molecule has 0 aliphatic carbocycles. The van der Waals surface area contributed by atoms with E-state index in [2.05, 4.69) is 4.74 Å². The second kappa shape index (κ2) is 7.65. The first-order valence-corrected chi connectivity index (χ1v) is 7.23. The number of hydrogen-bond acceptors (Lipinski definition) is 4. The van der Waals surface area contributed by atoms with Gasteiger partial charge in [-0.2, -0.15) is 0 Å². The molecule has 0 aromatic heterocycles. The Balaban J connectivity index is 2.10. The predicted molar refractivity (Wildman–Crippen MR) is 88.1 cm³/mol. The number of anilines is 1. The molecule has 0 saturated heterocycles. The first-order valence-electron chi connectivity index (χ1n) is 6.85. The minimum atomic E-state index is -0.555. The van der Waals surface area contributed by atoms with Crippen molar-refractivity contribution in [2.75, 3.05) is 25.7 Å². The van der Waals surface area contributed by atoms with Crippen LogP contribution in [0.2, 0.25) is 5.02 Å². The molecule has 120 valence electrons. The summed E-state index contributed by atoms with van der Waals surface area (Å²) < 4.78 is 10.2. The lowest BCUT2D eigenvalue weighted by molar-refractivity contribution is -0.120. The van der Waals surface area contributed by atoms with Gasteiger partial charge in [-0.1, -0.05) is 29.8 Å². The van der Waals surface area contributed by atoms with E-state index in [9.17, 15) is 9.59 Å². The quantitative estimate of drug-likeness (QED) is 0.789. The van der Waals surface area contributed by atoms with Crippen LogP contribution in [0.4, 0.5) is 5.69 Å². The van der Waals surface area contributed by atoms with Crippen LogP contribution in [0.25, 0.3) is 0 Å². The summed E-state index contributed by atoms with van der Waals surface area (Å²) in [6.45, 7) is -0.226. The van der Waals surface area contributed by atoms with E-state index in [-0.39, 0.29) is 23.8 Å². The second-order valence-electron chi connectivity index (χ2n) is 4.71. The molecule has 6 heteroatoms. The lowest BCUT2D eigenvalue weighted by Gasteiger charge is -2.18. The van der Waals surface area contributed by atoms with Crippen molar-refractivity contribution in [2.45, 2.75) is 0 Å². The number of methoxy groups -OCH3 is 1. The summed E-state index contributed by atoms with van der Waals surface area (Å²) in [6.07, 6.45) is 0. The number of ether oxygens (including phenoxy) is 2. The highest BCUT2D eigenvalue weighted by Crippen LogP contribution is 2.24. The number of hydrogen-bond donors (Lipinski definition) is 0. The van der Waals surface area contributed by atoms with Crippen LogP contribution in [-0.2, 0) is 9.53 Å². The molecule has 0 saturated carbocycles. The lowest BCUT2D eigenvalue weighted by atomic mass is 10.2. The molecule has 2 rings (SSSR count). The molecule has 0 heterocycles. The number of para-hydroxylation sites is 1. The SMILES string of the molecule is COC(=O)c1ccc(Cl)cc1OCC(=O)N(C)c1ccccc1. The number of nitrogens with zero attached hydrogens (tertiary/aromatic N) is 1. The molecule has 23 heavy (non-hydrogen) atoms. The van der Waals surface area contributed by atoms with Crippen LogP contribution in [0.5, 0.6) is 5.75 Å². The number of carbonyl (C=O) groups is 2. The molecule has 2 aromatic carbocycles. The Morgan fingerprint density at radius 1 is 1.13 bits per heavy atom. The molecule has 0 aliphatic heterocycles. The summed E-state index contributed by atoms with van der Waals surface area (Å²) in [5.41, 5.74) is 0.965. The van der Waals surface area contributed by atoms with Crippen molar-refractivity contribution >= 4 is 29.2 Å². The van der Waals surface area contributed by atoms with Crippen molar-refractivity contribution in [3.05, 3.63) is 59.1 Å². The van der Waals surface area contributed by atoms with Gasteiger partial charge in [0.05, 0.1) is 7.11 Å². The standard InChI is InChI=1S/C17H16ClNO4/c1-19(13-6-4-3-5-7-13)16(20)11-23-15-10-12(18)8-9-14(15)17(21)22-2/h3-10H,11H2,1-2H3. The van der Waals surface area contributed by atoms with Gasteiger partial charge in [0.15, 0.2) is 6.61 Å². The maximum absolute atomic E-state index is 12.2. The Labute approximate surface area is 139 Å². The van der Waals surface area contributed by atoms with Gasteiger partial charge in [0.2, 0.25) is 0 Å². The zero-order chi connectivity index (χ0) is 16.8. The highest BCUT2D eigenvalue weighted by molar-refractivity contribution is 6.30. The number of likely N-dealkylation sites (N-methyl/N-ethyl adjacent to an activating group) is 1. The lowest BCUT2D eigenvalue weighted by Crippen LogP contribution is -2.31. The van der Waals surface area contributed by atoms with Gasteiger partial charge >= 0.3 is 5.97 Å². The Kier molecular flexibility index (Phi) is 5.60. The van der Waals surface area contributed by atoms with E-state index in [4.69, 9.17) is 16.3 Å². The van der Waals surface area contributed by atoms with Crippen LogP contribution in [0, 0.1) is 0 Å². The fraction of sp³-hybridized carbons (Fsp3) is 0.176. The average Bonchev–Trinajstić information content (AvgIpc) is 2.59. The van der Waals surface area contributed by atoms with Crippen molar-refractivity contribution in [1.82, 2.24) is 0 Å². The van der Waals surface area contributed by atoms with Gasteiger partial charge in [-0.05, 0) is 30.3 Å². The largest absolute Gasteiger partial charge is 0.483 e. The number of benzene rings is 2. The monoisotopic (exact) mass is 333 g/mol. The molecule has 1 amide bonds. The molecule has 2 aromatic rings. The number of amides is 1. The molecular formula is C17H16ClNO4. The molecule has 0 unspecified atom stereocenters. The van der Waals surface area contributed by atoms with E-state index in [0.29, 0.717) is 5.02 Å². The molecule has 0 N–H and O–H groups in total. The van der Waals surface area contributed by atoms with E-state index in [1.165, 1.54) is 24.1 Å². The zero-order valence-electron chi connectivity index (χ0n) is 12.8. The number of carbonyl (C=O) groups excluding carboxylic acids is 2. The van der Waals surface area contributed by atoms with Gasteiger partial charge in [0, 0.05) is 17.8 Å². The van der Waals surface area contributed by atoms with E-state index in [1.807, 2.05) is 30.3 Å². The highest BCUT2D eigenvalue weighted by atomic mass is 35.5. The molecule has 0 spiro atoms. The third kappa shape index (κ3) is 4.23. The Bertz CT molecular complexity index is 703. The number of esters is 1. The summed E-state index contributed by atoms with van der Waals surface area (Å²) >= 11 is 5.91. The third-order valence-corrected chi connectivity index (χ3v) is 3.45. The first kappa shape index (κ1) is 16.8. The maximum atomic E-state index is 12.2. The molecule has 5 nitrogen and oxygen atoms in total. The summed E-state index contributed by atoms with van der Waals surface area (Å²) in [7, 11) is 2.93. The van der Waals surface area contributed by atoms with Crippen LogP contribution in [0.15, 0.2) is 48.5 Å². The second-order valence-corrected chi connectivity index (χ2v) is 5.15. The van der Waals surface area contributed by atoms with Crippen molar-refractivity contribution in [2.24, 2.45) is 0 Å². The van der Waals surface area contributed by atoms with E-state index in [0.717, 1.165) is 5.69 Å². The van der Waals surface area contributed by atoms with Gasteiger partial charge in [-0.3, -0.25) is 4.79 Å². The number of halogens is 1. The van der Waals surface area contributed by atoms with E-state index < -0.39 is 5.97 Å².